The van der Waals surface area contributed by atoms with Crippen LogP contribution in [0.3, 0.4) is 0 Å². The van der Waals surface area contributed by atoms with Crippen LogP contribution in [0.25, 0.3) is 38.6 Å². The van der Waals surface area contributed by atoms with E-state index in [4.69, 9.17) is 6.58 Å². The molecule has 2 heteroatoms. The first-order chi connectivity index (χ1) is 24.7. The Morgan fingerprint density at radius 1 is 0.824 bits per heavy atom. The predicted molar refractivity (Wildman–Crippen MR) is 218 cm³/mol. The molecular weight excluding hydrogens is 617 g/mol. The van der Waals surface area contributed by atoms with Crippen molar-refractivity contribution in [2.24, 2.45) is 5.41 Å². The highest BCUT2D eigenvalue weighted by molar-refractivity contribution is 6.14. The third-order valence-electron chi connectivity index (χ3n) is 13.2. The van der Waals surface area contributed by atoms with Crippen molar-refractivity contribution in [1.82, 2.24) is 4.57 Å². The second kappa shape index (κ2) is 11.7. The average Bonchev–Trinajstić information content (AvgIpc) is 3.76. The van der Waals surface area contributed by atoms with Crippen LogP contribution in [-0.4, -0.2) is 4.57 Å². The normalized spacial score (nSPS) is 20.4. The Balaban J connectivity index is 1.41. The SMILES string of the molecule is C=C(/C=C\C(C)=C/C)N(c1cc2c(c3c1-c1ccccc1C3)C1CCCC[C@@]1(C)C2(C)C)c1cccc2c3ccccc3n(-c3ccccc3)c12. The van der Waals surface area contributed by atoms with E-state index < -0.39 is 0 Å². The van der Waals surface area contributed by atoms with Gasteiger partial charge >= 0.3 is 0 Å². The van der Waals surface area contributed by atoms with Crippen LogP contribution in [0.4, 0.5) is 11.4 Å². The fraction of sp³-hybridized carbons (Fsp3) is 0.265. The van der Waals surface area contributed by atoms with Gasteiger partial charge in [-0.15, -0.1) is 0 Å². The molecular formula is C49H48N2. The lowest BCUT2D eigenvalue weighted by atomic mass is 9.58. The minimum atomic E-state index is 0.0430. The summed E-state index contributed by atoms with van der Waals surface area (Å²) >= 11 is 0. The first-order valence-electron chi connectivity index (χ1n) is 18.9. The van der Waals surface area contributed by atoms with Gasteiger partial charge < -0.3 is 9.47 Å². The van der Waals surface area contributed by atoms with Crippen LogP contribution >= 0.6 is 0 Å². The van der Waals surface area contributed by atoms with E-state index in [1.807, 2.05) is 0 Å². The molecule has 1 saturated carbocycles. The number of benzene rings is 5. The highest BCUT2D eigenvalue weighted by atomic mass is 15.2. The monoisotopic (exact) mass is 664 g/mol. The zero-order valence-corrected chi connectivity index (χ0v) is 30.8. The van der Waals surface area contributed by atoms with Crippen molar-refractivity contribution in [3.05, 3.63) is 161 Å². The fourth-order valence-electron chi connectivity index (χ4n) is 10.1. The number of allylic oxidation sites excluding steroid dienone is 4. The quantitative estimate of drug-likeness (QED) is 0.161. The highest BCUT2D eigenvalue weighted by Crippen LogP contribution is 2.67. The number of para-hydroxylation sites is 3. The lowest BCUT2D eigenvalue weighted by Gasteiger charge is -2.46. The molecule has 9 rings (SSSR count). The Morgan fingerprint density at radius 2 is 1.57 bits per heavy atom. The van der Waals surface area contributed by atoms with Crippen molar-refractivity contribution in [2.45, 2.75) is 78.1 Å². The molecule has 2 nitrogen and oxygen atoms in total. The second-order valence-electron chi connectivity index (χ2n) is 15.9. The zero-order chi connectivity index (χ0) is 35.1. The minimum Gasteiger partial charge on any atom is -0.308 e. The first-order valence-corrected chi connectivity index (χ1v) is 18.9. The van der Waals surface area contributed by atoms with E-state index in [0.717, 1.165) is 23.5 Å². The Labute approximate surface area is 303 Å². The maximum atomic E-state index is 4.88. The van der Waals surface area contributed by atoms with Gasteiger partial charge in [-0.2, -0.15) is 0 Å². The largest absolute Gasteiger partial charge is 0.308 e. The van der Waals surface area contributed by atoms with Gasteiger partial charge in [-0.1, -0.05) is 131 Å². The van der Waals surface area contributed by atoms with Crippen molar-refractivity contribution in [2.75, 3.05) is 4.90 Å². The highest BCUT2D eigenvalue weighted by Gasteiger charge is 2.57. The molecule has 1 fully saturated rings. The van der Waals surface area contributed by atoms with E-state index in [0.29, 0.717) is 5.92 Å². The van der Waals surface area contributed by atoms with Crippen molar-refractivity contribution < 1.29 is 0 Å². The van der Waals surface area contributed by atoms with E-state index in [1.54, 1.807) is 16.7 Å². The van der Waals surface area contributed by atoms with E-state index in [1.165, 1.54) is 75.4 Å². The number of aromatic nitrogens is 1. The molecule has 0 saturated heterocycles. The van der Waals surface area contributed by atoms with Crippen LogP contribution in [0.5, 0.6) is 0 Å². The third kappa shape index (κ3) is 4.55. The summed E-state index contributed by atoms with van der Waals surface area (Å²) in [5.41, 5.74) is 17.4. The van der Waals surface area contributed by atoms with Crippen LogP contribution in [0.15, 0.2) is 139 Å². The maximum Gasteiger partial charge on any atom is 0.0782 e. The second-order valence-corrected chi connectivity index (χ2v) is 15.9. The molecule has 1 unspecified atom stereocenters. The van der Waals surface area contributed by atoms with Gasteiger partial charge in [-0.3, -0.25) is 0 Å². The molecule has 0 N–H and O–H groups in total. The van der Waals surface area contributed by atoms with Gasteiger partial charge in [0.1, 0.15) is 0 Å². The van der Waals surface area contributed by atoms with Crippen molar-refractivity contribution in [3.63, 3.8) is 0 Å². The molecule has 5 aromatic carbocycles. The molecule has 1 heterocycles. The standard InChI is InChI=1S/C49H48N2/c1-7-32(2)27-28-33(3)50(43-26-17-23-38-37-22-13-14-25-42(37)51(47(38)43)35-19-9-8-10-20-35)44-31-41-46(39-30-34-18-11-12-21-36(34)45(39)44)40-24-15-16-29-49(40,6)48(41,4)5/h7-14,17-23,25-28,31,40H,3,15-16,24,29-30H2,1-2,4-6H3/b28-27-,32-7-/t40?,49-/m1/s1. The van der Waals surface area contributed by atoms with E-state index in [9.17, 15) is 0 Å². The Hall–Kier alpha value is -5.08. The number of fused-ring (bicyclic) bond motifs is 10. The number of hydrogen-bond donors (Lipinski definition) is 0. The molecule has 254 valence electrons. The molecule has 0 radical (unpaired) electrons. The summed E-state index contributed by atoms with van der Waals surface area (Å²) in [5.74, 6) is 0.589. The Bertz CT molecular complexity index is 2430. The lowest BCUT2D eigenvalue weighted by molar-refractivity contribution is 0.103. The number of rotatable bonds is 6. The zero-order valence-electron chi connectivity index (χ0n) is 30.8. The summed E-state index contributed by atoms with van der Waals surface area (Å²) < 4.78 is 2.46. The summed E-state index contributed by atoms with van der Waals surface area (Å²) in [7, 11) is 0. The summed E-state index contributed by atoms with van der Waals surface area (Å²) in [4.78, 5) is 2.50. The molecule has 3 aliphatic rings. The van der Waals surface area contributed by atoms with Gasteiger partial charge in [0.2, 0.25) is 0 Å². The summed E-state index contributed by atoms with van der Waals surface area (Å²) in [6.45, 7) is 16.8. The van der Waals surface area contributed by atoms with Crippen LogP contribution in [-0.2, 0) is 11.8 Å². The van der Waals surface area contributed by atoms with E-state index in [-0.39, 0.29) is 10.8 Å². The van der Waals surface area contributed by atoms with Crippen LogP contribution < -0.4 is 4.90 Å². The predicted octanol–water partition coefficient (Wildman–Crippen LogP) is 13.5. The molecule has 0 aliphatic heterocycles. The van der Waals surface area contributed by atoms with Gasteiger partial charge in [0.15, 0.2) is 0 Å². The number of nitrogens with zero attached hydrogens (tertiary/aromatic N) is 2. The molecule has 51 heavy (non-hydrogen) atoms. The van der Waals surface area contributed by atoms with Crippen LogP contribution in [0.1, 0.15) is 88.5 Å². The summed E-state index contributed by atoms with van der Waals surface area (Å²) in [6, 6.07) is 38.3. The average molecular weight is 665 g/mol. The van der Waals surface area contributed by atoms with Crippen molar-refractivity contribution in [3.8, 4) is 16.8 Å². The van der Waals surface area contributed by atoms with Gasteiger partial charge in [-0.25, -0.2) is 0 Å². The molecule has 1 aromatic heterocycles. The molecule has 3 aliphatic carbocycles. The fourth-order valence-corrected chi connectivity index (χ4v) is 10.1. The number of hydrogen-bond acceptors (Lipinski definition) is 1. The molecule has 2 atom stereocenters. The van der Waals surface area contributed by atoms with Gasteiger partial charge in [0.05, 0.1) is 22.4 Å². The Kier molecular flexibility index (Phi) is 7.33. The topological polar surface area (TPSA) is 8.17 Å². The first kappa shape index (κ1) is 31.9. The van der Waals surface area contributed by atoms with E-state index in [2.05, 4.69) is 165 Å². The van der Waals surface area contributed by atoms with E-state index >= 15 is 0 Å². The van der Waals surface area contributed by atoms with Crippen molar-refractivity contribution in [1.29, 1.82) is 0 Å². The van der Waals surface area contributed by atoms with Crippen LogP contribution in [0, 0.1) is 5.41 Å². The Morgan fingerprint density at radius 3 is 2.39 bits per heavy atom. The van der Waals surface area contributed by atoms with Crippen molar-refractivity contribution >= 4 is 33.2 Å². The molecule has 0 spiro atoms. The summed E-state index contributed by atoms with van der Waals surface area (Å²) in [6.07, 6.45) is 12.8. The van der Waals surface area contributed by atoms with Gasteiger partial charge in [0.25, 0.3) is 0 Å². The molecule has 0 amide bonds. The number of anilines is 2. The minimum absolute atomic E-state index is 0.0430. The smallest absolute Gasteiger partial charge is 0.0782 e. The molecule has 0 bridgehead atoms. The maximum absolute atomic E-state index is 4.88. The molecule has 6 aromatic rings. The van der Waals surface area contributed by atoms with Crippen LogP contribution in [0.2, 0.25) is 0 Å². The van der Waals surface area contributed by atoms with Gasteiger partial charge in [0, 0.05) is 27.7 Å². The summed E-state index contributed by atoms with van der Waals surface area (Å²) in [5, 5.41) is 2.50. The van der Waals surface area contributed by atoms with Gasteiger partial charge in [-0.05, 0) is 114 Å². The lowest BCUT2D eigenvalue weighted by Crippen LogP contribution is -2.39. The third-order valence-corrected chi connectivity index (χ3v) is 13.2.